The number of rotatable bonds is 9. The Kier molecular flexibility index (Phi) is 8.84. The van der Waals surface area contributed by atoms with Crippen molar-refractivity contribution in [3.63, 3.8) is 0 Å². The first-order valence-corrected chi connectivity index (χ1v) is 14.9. The van der Waals surface area contributed by atoms with Gasteiger partial charge in [0.1, 0.15) is 11.5 Å². The van der Waals surface area contributed by atoms with Crippen molar-refractivity contribution in [2.75, 3.05) is 0 Å². The van der Waals surface area contributed by atoms with Gasteiger partial charge in [0.15, 0.2) is 4.90 Å². The van der Waals surface area contributed by atoms with E-state index in [9.17, 15) is 28.9 Å². The molecule has 33 heavy (non-hydrogen) atoms. The van der Waals surface area contributed by atoms with E-state index in [4.69, 9.17) is 4.52 Å². The Bertz CT molecular complexity index is 890. The lowest BCUT2D eigenvalue weighted by Crippen LogP contribution is -2.47. The standard InChI is InChI=1S/C24H44O7P2/c1-11-23(12-2,13-3)24(14-4,32(26,27)28)33(29,30)31-17-15-18(21(5,6)7)20(25)19(16-17)22(8,9)10/h15-16,25H,11-14H2,1-10H3,(H,29,30)(H2,26,27,28). The molecule has 0 aliphatic carbocycles. The number of hydrogen-bond donors (Lipinski definition) is 4. The fourth-order valence-electron chi connectivity index (χ4n) is 5.18. The van der Waals surface area contributed by atoms with Gasteiger partial charge in [0.05, 0.1) is 0 Å². The zero-order valence-corrected chi connectivity index (χ0v) is 23.7. The van der Waals surface area contributed by atoms with Gasteiger partial charge >= 0.3 is 15.2 Å². The molecule has 2 atom stereocenters. The SMILES string of the molecule is CCC(CC)(CC)C(CC)(P(=O)(O)O)P(=O)(O)Oc1cc(C(C)(C)C)c(O)c(C(C)(C)C)c1. The van der Waals surface area contributed by atoms with E-state index in [1.54, 1.807) is 20.8 Å². The van der Waals surface area contributed by atoms with Crippen LogP contribution in [0.1, 0.15) is 106 Å². The topological polar surface area (TPSA) is 124 Å². The van der Waals surface area contributed by atoms with Gasteiger partial charge in [-0.1, -0.05) is 69.2 Å². The average molecular weight is 507 g/mol. The summed E-state index contributed by atoms with van der Waals surface area (Å²) in [5.41, 5.74) is -1.07. The molecule has 1 aromatic carbocycles. The Hall–Kier alpha value is -0.840. The number of benzene rings is 1. The molecule has 192 valence electrons. The van der Waals surface area contributed by atoms with E-state index in [0.29, 0.717) is 30.4 Å². The number of hydrogen-bond acceptors (Lipinski definition) is 4. The maximum absolute atomic E-state index is 14.0. The Morgan fingerprint density at radius 2 is 1.12 bits per heavy atom. The summed E-state index contributed by atoms with van der Waals surface area (Å²) >= 11 is 0. The van der Waals surface area contributed by atoms with Crippen LogP contribution < -0.4 is 4.52 Å². The van der Waals surface area contributed by atoms with Crippen LogP contribution in [-0.4, -0.2) is 24.7 Å². The second-order valence-electron chi connectivity index (χ2n) is 11.0. The first kappa shape index (κ1) is 30.2. The van der Waals surface area contributed by atoms with Gasteiger partial charge in [0, 0.05) is 11.1 Å². The molecule has 0 fully saturated rings. The maximum Gasteiger partial charge on any atom is 0.395 e. The van der Waals surface area contributed by atoms with Crippen molar-refractivity contribution < 1.29 is 33.4 Å². The first-order valence-electron chi connectivity index (χ1n) is 11.7. The van der Waals surface area contributed by atoms with Gasteiger partial charge in [-0.15, -0.1) is 0 Å². The molecule has 0 amide bonds. The monoisotopic (exact) mass is 506 g/mol. The highest BCUT2D eigenvalue weighted by molar-refractivity contribution is 7.73. The molecule has 1 aromatic rings. The molecule has 0 aromatic heterocycles. The molecule has 0 saturated heterocycles. The molecule has 7 nitrogen and oxygen atoms in total. The van der Waals surface area contributed by atoms with Crippen LogP contribution in [0, 0.1) is 5.41 Å². The summed E-state index contributed by atoms with van der Waals surface area (Å²) in [7, 11) is -10.1. The van der Waals surface area contributed by atoms with E-state index < -0.39 is 36.3 Å². The first-order chi connectivity index (χ1) is 14.7. The minimum absolute atomic E-state index is 0.0111. The lowest BCUT2D eigenvalue weighted by atomic mass is 9.75. The number of phenols is 1. The highest BCUT2D eigenvalue weighted by Crippen LogP contribution is 2.80. The largest absolute Gasteiger partial charge is 0.507 e. The molecular formula is C24H44O7P2. The Morgan fingerprint density at radius 3 is 1.36 bits per heavy atom. The molecule has 1 rings (SSSR count). The lowest BCUT2D eigenvalue weighted by molar-refractivity contribution is 0.153. The second-order valence-corrected chi connectivity index (χ2v) is 15.2. The number of aromatic hydroxyl groups is 1. The molecule has 0 radical (unpaired) electrons. The smallest absolute Gasteiger partial charge is 0.395 e. The Labute approximate surface area is 199 Å². The third-order valence-corrected chi connectivity index (χ3v) is 12.7. The van der Waals surface area contributed by atoms with Crippen LogP contribution in [0.15, 0.2) is 12.1 Å². The van der Waals surface area contributed by atoms with Crippen LogP contribution in [0.5, 0.6) is 11.5 Å². The normalized spacial score (nSPS) is 17.4. The molecule has 0 aliphatic rings. The zero-order chi connectivity index (χ0) is 26.3. The van der Waals surface area contributed by atoms with Crippen molar-refractivity contribution in [1.82, 2.24) is 0 Å². The highest BCUT2D eigenvalue weighted by Gasteiger charge is 2.70. The van der Waals surface area contributed by atoms with E-state index in [1.807, 2.05) is 41.5 Å². The van der Waals surface area contributed by atoms with Crippen LogP contribution in [0.3, 0.4) is 0 Å². The minimum Gasteiger partial charge on any atom is -0.507 e. The maximum atomic E-state index is 14.0. The quantitative estimate of drug-likeness (QED) is 0.264. The van der Waals surface area contributed by atoms with E-state index in [-0.39, 0.29) is 17.9 Å². The molecule has 0 saturated carbocycles. The summed E-state index contributed by atoms with van der Waals surface area (Å²) < 4.78 is 32.7. The van der Waals surface area contributed by atoms with Crippen LogP contribution in [0.25, 0.3) is 0 Å². The predicted octanol–water partition coefficient (Wildman–Crippen LogP) is 7.05. The molecule has 2 unspecified atom stereocenters. The van der Waals surface area contributed by atoms with Crippen molar-refractivity contribution in [3.05, 3.63) is 23.3 Å². The fraction of sp³-hybridized carbons (Fsp3) is 0.750. The number of phenolic OH excluding ortho intramolecular Hbond substituents is 1. The molecule has 0 heterocycles. The minimum atomic E-state index is -5.12. The summed E-state index contributed by atoms with van der Waals surface area (Å²) in [6, 6.07) is 3.00. The lowest BCUT2D eigenvalue weighted by Gasteiger charge is -2.50. The van der Waals surface area contributed by atoms with Crippen molar-refractivity contribution in [2.24, 2.45) is 5.41 Å². The van der Waals surface area contributed by atoms with E-state index in [1.165, 1.54) is 19.1 Å². The van der Waals surface area contributed by atoms with Gasteiger partial charge in [-0.2, -0.15) is 0 Å². The van der Waals surface area contributed by atoms with Gasteiger partial charge < -0.3 is 24.3 Å². The zero-order valence-electron chi connectivity index (χ0n) is 21.9. The predicted molar refractivity (Wildman–Crippen MR) is 134 cm³/mol. The van der Waals surface area contributed by atoms with Crippen LogP contribution in [0.2, 0.25) is 0 Å². The third kappa shape index (κ3) is 5.23. The van der Waals surface area contributed by atoms with Crippen molar-refractivity contribution in [1.29, 1.82) is 0 Å². The second kappa shape index (κ2) is 9.66. The van der Waals surface area contributed by atoms with Crippen LogP contribution >= 0.6 is 15.2 Å². The molecule has 4 N–H and O–H groups in total. The van der Waals surface area contributed by atoms with Gasteiger partial charge in [0.25, 0.3) is 0 Å². The molecule has 0 aliphatic heterocycles. The van der Waals surface area contributed by atoms with Gasteiger partial charge in [-0.05, 0) is 54.1 Å². The Morgan fingerprint density at radius 1 is 0.758 bits per heavy atom. The van der Waals surface area contributed by atoms with Crippen molar-refractivity contribution >= 4 is 15.2 Å². The summed E-state index contributed by atoms with van der Waals surface area (Å²) in [4.78, 5) is 30.2. The Balaban J connectivity index is 3.96. The van der Waals surface area contributed by atoms with Crippen LogP contribution in [0.4, 0.5) is 0 Å². The highest BCUT2D eigenvalue weighted by atomic mass is 31.2. The summed E-state index contributed by atoms with van der Waals surface area (Å²) in [6.45, 7) is 18.3. The average Bonchev–Trinajstić information content (AvgIpc) is 2.64. The summed E-state index contributed by atoms with van der Waals surface area (Å²) in [5, 5.41) is 10.9. The van der Waals surface area contributed by atoms with E-state index in [2.05, 4.69) is 0 Å². The van der Waals surface area contributed by atoms with E-state index in [0.717, 1.165) is 0 Å². The molecule has 0 bridgehead atoms. The third-order valence-electron chi connectivity index (χ3n) is 7.25. The fourth-order valence-corrected chi connectivity index (χ4v) is 10.1. The van der Waals surface area contributed by atoms with Crippen LogP contribution in [-0.2, 0) is 20.0 Å². The van der Waals surface area contributed by atoms with Crippen molar-refractivity contribution in [2.45, 2.75) is 111 Å². The molecule has 9 heteroatoms. The van der Waals surface area contributed by atoms with Crippen molar-refractivity contribution in [3.8, 4) is 11.5 Å². The van der Waals surface area contributed by atoms with Gasteiger partial charge in [-0.25, -0.2) is 4.57 Å². The summed E-state index contributed by atoms with van der Waals surface area (Å²) in [6.07, 6.45) is 0.700. The summed E-state index contributed by atoms with van der Waals surface area (Å²) in [5.74, 6) is 0.0915. The molecule has 0 spiro atoms. The van der Waals surface area contributed by atoms with E-state index >= 15 is 0 Å². The van der Waals surface area contributed by atoms with Gasteiger partial charge in [0.2, 0.25) is 0 Å². The molecular weight excluding hydrogens is 462 g/mol. The van der Waals surface area contributed by atoms with Gasteiger partial charge in [-0.3, -0.25) is 4.57 Å².